The van der Waals surface area contributed by atoms with Crippen LogP contribution in [0.4, 0.5) is 0 Å². The van der Waals surface area contributed by atoms with E-state index in [1.54, 1.807) is 0 Å². The Morgan fingerprint density at radius 3 is 2.53 bits per heavy atom. The Balaban J connectivity index is 2.98. The molecule has 0 aliphatic rings. The van der Waals surface area contributed by atoms with Crippen molar-refractivity contribution in [2.45, 2.75) is 51.2 Å². The summed E-state index contributed by atoms with van der Waals surface area (Å²) in [6, 6.07) is 0.241. The Kier molecular flexibility index (Phi) is 4.99. The van der Waals surface area contributed by atoms with Crippen molar-refractivity contribution in [2.24, 2.45) is 0 Å². The van der Waals surface area contributed by atoms with Gasteiger partial charge in [-0.15, -0.1) is 10.2 Å². The summed E-state index contributed by atoms with van der Waals surface area (Å²) in [7, 11) is 0. The van der Waals surface area contributed by atoms with Gasteiger partial charge in [-0.25, -0.2) is 0 Å². The Hall–Kier alpha value is -1.04. The van der Waals surface area contributed by atoms with Crippen LogP contribution in [-0.4, -0.2) is 31.6 Å². The molecule has 0 aliphatic heterocycles. The number of rotatable bonds is 6. The van der Waals surface area contributed by atoms with E-state index >= 15 is 0 Å². The van der Waals surface area contributed by atoms with E-state index in [1.165, 1.54) is 11.8 Å². The zero-order chi connectivity index (χ0) is 13.0. The molecule has 0 spiro atoms. The predicted molar refractivity (Wildman–Crippen MR) is 67.5 cm³/mol. The lowest BCUT2D eigenvalue weighted by molar-refractivity contribution is -0.133. The maximum Gasteiger partial charge on any atom is 0.313 e. The van der Waals surface area contributed by atoms with Crippen LogP contribution in [0.5, 0.6) is 0 Å². The number of carboxylic acid groups (broad SMARTS) is 1. The zero-order valence-electron chi connectivity index (χ0n) is 10.7. The molecule has 1 atom stereocenters. The number of carboxylic acids is 1. The van der Waals surface area contributed by atoms with Crippen LogP contribution in [0.1, 0.15) is 51.9 Å². The molecule has 1 unspecified atom stereocenters. The molecule has 17 heavy (non-hydrogen) atoms. The lowest BCUT2D eigenvalue weighted by Gasteiger charge is -2.16. The average Bonchev–Trinajstić information content (AvgIpc) is 2.68. The lowest BCUT2D eigenvalue weighted by Crippen LogP contribution is -2.11. The summed E-state index contributed by atoms with van der Waals surface area (Å²) >= 11 is 1.22. The molecule has 6 heteroatoms. The molecule has 5 nitrogen and oxygen atoms in total. The van der Waals surface area contributed by atoms with Gasteiger partial charge >= 0.3 is 5.97 Å². The lowest BCUT2D eigenvalue weighted by atomic mass is 10.1. The molecule has 1 N–H and O–H groups in total. The molecule has 0 radical (unpaired) electrons. The first kappa shape index (κ1) is 14.0. The largest absolute Gasteiger partial charge is 0.481 e. The van der Waals surface area contributed by atoms with Gasteiger partial charge in [0.2, 0.25) is 0 Å². The number of thioether (sulfide) groups is 1. The second-order valence-electron chi connectivity index (χ2n) is 4.30. The van der Waals surface area contributed by atoms with Gasteiger partial charge < -0.3 is 9.67 Å². The van der Waals surface area contributed by atoms with E-state index in [0.717, 1.165) is 12.2 Å². The van der Waals surface area contributed by atoms with Crippen molar-refractivity contribution in [3.63, 3.8) is 0 Å². The third kappa shape index (κ3) is 3.46. The van der Waals surface area contributed by atoms with E-state index in [1.807, 2.05) is 4.57 Å². The van der Waals surface area contributed by atoms with Crippen molar-refractivity contribution in [1.82, 2.24) is 14.8 Å². The summed E-state index contributed by atoms with van der Waals surface area (Å²) in [6.45, 7) is 8.32. The molecule has 0 saturated heterocycles. The van der Waals surface area contributed by atoms with Crippen LogP contribution in [0.3, 0.4) is 0 Å². The minimum Gasteiger partial charge on any atom is -0.481 e. The van der Waals surface area contributed by atoms with Crippen molar-refractivity contribution in [2.75, 3.05) is 5.75 Å². The van der Waals surface area contributed by atoms with E-state index in [-0.39, 0.29) is 11.8 Å². The quantitative estimate of drug-likeness (QED) is 0.793. The third-order valence-corrected chi connectivity index (χ3v) is 3.51. The van der Waals surface area contributed by atoms with Crippen LogP contribution < -0.4 is 0 Å². The number of aromatic nitrogens is 3. The van der Waals surface area contributed by atoms with E-state index in [9.17, 15) is 4.79 Å². The second-order valence-corrected chi connectivity index (χ2v) is 5.24. The fraction of sp³-hybridized carbons (Fsp3) is 0.727. The molecule has 96 valence electrons. The predicted octanol–water partition coefficient (Wildman–Crippen LogP) is 2.55. The van der Waals surface area contributed by atoms with Crippen molar-refractivity contribution in [3.05, 3.63) is 5.82 Å². The number of carbonyl (C=O) groups is 1. The summed E-state index contributed by atoms with van der Waals surface area (Å²) in [5.41, 5.74) is 0. The molecular formula is C11H19N3O2S. The smallest absolute Gasteiger partial charge is 0.313 e. The van der Waals surface area contributed by atoms with Gasteiger partial charge in [-0.1, -0.05) is 25.6 Å². The minimum absolute atomic E-state index is 0.0192. The van der Waals surface area contributed by atoms with Gasteiger partial charge in [-0.05, 0) is 20.3 Å². The Morgan fingerprint density at radius 1 is 1.41 bits per heavy atom. The maximum absolute atomic E-state index is 10.6. The zero-order valence-corrected chi connectivity index (χ0v) is 11.5. The highest BCUT2D eigenvalue weighted by Gasteiger charge is 2.19. The highest BCUT2D eigenvalue weighted by Crippen LogP contribution is 2.26. The van der Waals surface area contributed by atoms with Gasteiger partial charge in [-0.2, -0.15) is 0 Å². The highest BCUT2D eigenvalue weighted by atomic mass is 32.2. The SMILES string of the molecule is CCC(C)c1nnc(SCC(=O)O)n1C(C)C. The first-order valence-electron chi connectivity index (χ1n) is 5.76. The van der Waals surface area contributed by atoms with Crippen molar-refractivity contribution < 1.29 is 9.90 Å². The molecule has 0 aromatic carbocycles. The molecule has 0 bridgehead atoms. The summed E-state index contributed by atoms with van der Waals surface area (Å²) in [6.07, 6.45) is 0.994. The van der Waals surface area contributed by atoms with Gasteiger partial charge in [0, 0.05) is 12.0 Å². The van der Waals surface area contributed by atoms with Crippen molar-refractivity contribution in [3.8, 4) is 0 Å². The first-order valence-corrected chi connectivity index (χ1v) is 6.75. The number of hydrogen-bond donors (Lipinski definition) is 1. The van der Waals surface area contributed by atoms with Gasteiger partial charge in [-0.3, -0.25) is 4.79 Å². The monoisotopic (exact) mass is 257 g/mol. The fourth-order valence-corrected chi connectivity index (χ4v) is 2.31. The van der Waals surface area contributed by atoms with E-state index in [0.29, 0.717) is 11.1 Å². The number of nitrogens with zero attached hydrogens (tertiary/aromatic N) is 3. The fourth-order valence-electron chi connectivity index (χ4n) is 1.52. The van der Waals surface area contributed by atoms with Crippen LogP contribution in [0.25, 0.3) is 0 Å². The Bertz CT molecular complexity index is 390. The number of aliphatic carboxylic acids is 1. The van der Waals surface area contributed by atoms with Crippen molar-refractivity contribution in [1.29, 1.82) is 0 Å². The molecular weight excluding hydrogens is 238 g/mol. The Morgan fingerprint density at radius 2 is 2.06 bits per heavy atom. The van der Waals surface area contributed by atoms with Gasteiger partial charge in [0.05, 0.1) is 5.75 Å². The summed E-state index contributed by atoms with van der Waals surface area (Å²) in [5, 5.41) is 17.7. The molecule has 0 fully saturated rings. The summed E-state index contributed by atoms with van der Waals surface area (Å²) < 4.78 is 2.03. The van der Waals surface area contributed by atoms with Gasteiger partial charge in [0.1, 0.15) is 5.82 Å². The Labute approximate surface area is 106 Å². The normalized spacial score (nSPS) is 13.0. The molecule has 0 saturated carbocycles. The molecule has 1 heterocycles. The van der Waals surface area contributed by atoms with Crippen LogP contribution >= 0.6 is 11.8 Å². The van der Waals surface area contributed by atoms with E-state index in [2.05, 4.69) is 37.9 Å². The van der Waals surface area contributed by atoms with Gasteiger partial charge in [0.15, 0.2) is 5.16 Å². The van der Waals surface area contributed by atoms with E-state index in [4.69, 9.17) is 5.11 Å². The van der Waals surface area contributed by atoms with Crippen LogP contribution in [0.15, 0.2) is 5.16 Å². The van der Waals surface area contributed by atoms with Gasteiger partial charge in [0.25, 0.3) is 0 Å². The van der Waals surface area contributed by atoms with Crippen LogP contribution in [-0.2, 0) is 4.79 Å². The third-order valence-electron chi connectivity index (χ3n) is 2.59. The van der Waals surface area contributed by atoms with E-state index < -0.39 is 5.97 Å². The highest BCUT2D eigenvalue weighted by molar-refractivity contribution is 7.99. The second kappa shape index (κ2) is 6.05. The molecule has 0 amide bonds. The summed E-state index contributed by atoms with van der Waals surface area (Å²) in [5.74, 6) is 0.462. The molecule has 1 aromatic heterocycles. The minimum atomic E-state index is -0.835. The number of hydrogen-bond acceptors (Lipinski definition) is 4. The van der Waals surface area contributed by atoms with Crippen LogP contribution in [0, 0.1) is 0 Å². The molecule has 1 rings (SSSR count). The van der Waals surface area contributed by atoms with Crippen LogP contribution in [0.2, 0.25) is 0 Å². The van der Waals surface area contributed by atoms with Crippen molar-refractivity contribution >= 4 is 17.7 Å². The average molecular weight is 257 g/mol. The summed E-state index contributed by atoms with van der Waals surface area (Å²) in [4.78, 5) is 10.6. The maximum atomic E-state index is 10.6. The molecule has 0 aliphatic carbocycles. The molecule has 1 aromatic rings. The topological polar surface area (TPSA) is 68.0 Å². The standard InChI is InChI=1S/C11H19N3O2S/c1-5-8(4)10-12-13-11(14(10)7(2)3)17-6-9(15)16/h7-8H,5-6H2,1-4H3,(H,15,16). The first-order chi connectivity index (χ1) is 7.97.